The van der Waals surface area contributed by atoms with Gasteiger partial charge in [0.15, 0.2) is 0 Å². The second-order valence-corrected chi connectivity index (χ2v) is 3.16. The summed E-state index contributed by atoms with van der Waals surface area (Å²) in [5.74, 6) is -0.817. The van der Waals surface area contributed by atoms with Crippen LogP contribution in [0.5, 0.6) is 0 Å². The van der Waals surface area contributed by atoms with Crippen molar-refractivity contribution in [3.05, 3.63) is 34.5 Å². The van der Waals surface area contributed by atoms with Crippen LogP contribution in [0.2, 0.25) is 0 Å². The number of aromatic nitrogens is 1. The van der Waals surface area contributed by atoms with Gasteiger partial charge in [-0.25, -0.2) is 4.39 Å². The molecule has 15 heavy (non-hydrogen) atoms. The summed E-state index contributed by atoms with van der Waals surface area (Å²) in [6.45, 7) is 2.34. The number of carbonyl (C=O) groups is 1. The Balaban J connectivity index is 2.68. The molecule has 1 rings (SSSR count). The average molecular weight is 212 g/mol. The average Bonchev–Trinajstić information content (AvgIpc) is 2.20. The van der Waals surface area contributed by atoms with Gasteiger partial charge in [0.25, 0.3) is 5.56 Å². The first-order chi connectivity index (χ1) is 7.13. The molecule has 0 saturated carbocycles. The number of hydrogen-bond acceptors (Lipinski definition) is 2. The Hall–Kier alpha value is -1.65. The normalized spacial score (nSPS) is 10.0. The third-order valence-electron chi connectivity index (χ3n) is 1.83. The van der Waals surface area contributed by atoms with E-state index in [-0.39, 0.29) is 18.0 Å². The second kappa shape index (κ2) is 5.29. The maximum Gasteiger partial charge on any atom is 0.251 e. The Labute approximate surface area is 86.7 Å². The van der Waals surface area contributed by atoms with Crippen LogP contribution in [0, 0.1) is 5.82 Å². The molecule has 1 aromatic rings. The summed E-state index contributed by atoms with van der Waals surface area (Å²) in [6.07, 6.45) is 1.84. The molecule has 4 nitrogen and oxygen atoms in total. The molecule has 0 radical (unpaired) electrons. The highest BCUT2D eigenvalue weighted by Gasteiger charge is 2.03. The van der Waals surface area contributed by atoms with E-state index in [0.29, 0.717) is 6.54 Å². The van der Waals surface area contributed by atoms with Crippen molar-refractivity contribution in [3.8, 4) is 0 Å². The van der Waals surface area contributed by atoms with E-state index in [9.17, 15) is 14.0 Å². The molecule has 0 atom stereocenters. The van der Waals surface area contributed by atoms with Crippen LogP contribution < -0.4 is 10.9 Å². The van der Waals surface area contributed by atoms with Gasteiger partial charge < -0.3 is 9.88 Å². The van der Waals surface area contributed by atoms with Gasteiger partial charge in [0.1, 0.15) is 12.4 Å². The van der Waals surface area contributed by atoms with Crippen molar-refractivity contribution in [1.29, 1.82) is 0 Å². The fourth-order valence-electron chi connectivity index (χ4n) is 1.10. The van der Waals surface area contributed by atoms with Crippen LogP contribution >= 0.6 is 0 Å². The molecule has 0 aromatic carbocycles. The monoisotopic (exact) mass is 212 g/mol. The Morgan fingerprint density at radius 3 is 2.93 bits per heavy atom. The van der Waals surface area contributed by atoms with E-state index in [1.165, 1.54) is 0 Å². The van der Waals surface area contributed by atoms with Crippen molar-refractivity contribution in [1.82, 2.24) is 9.88 Å². The molecule has 0 saturated heterocycles. The standard InChI is InChI=1S/C10H13FN2O2/c1-2-5-12-9(14)7-13-6-8(11)3-4-10(13)15/h3-4,6H,2,5,7H2,1H3,(H,12,14). The van der Waals surface area contributed by atoms with Gasteiger partial charge in [0.05, 0.1) is 0 Å². The van der Waals surface area contributed by atoms with Crippen LogP contribution in [-0.4, -0.2) is 17.0 Å². The van der Waals surface area contributed by atoms with E-state index in [1.807, 2.05) is 6.92 Å². The summed E-state index contributed by atoms with van der Waals surface area (Å²) in [5.41, 5.74) is -0.386. The van der Waals surface area contributed by atoms with E-state index in [0.717, 1.165) is 29.3 Å². The summed E-state index contributed by atoms with van der Waals surface area (Å²) in [7, 11) is 0. The molecule has 0 aliphatic heterocycles. The predicted octanol–water partition coefficient (Wildman–Crippen LogP) is 0.514. The highest BCUT2D eigenvalue weighted by molar-refractivity contribution is 5.75. The van der Waals surface area contributed by atoms with Crippen molar-refractivity contribution >= 4 is 5.91 Å². The first-order valence-corrected chi connectivity index (χ1v) is 4.76. The Kier molecular flexibility index (Phi) is 4.03. The van der Waals surface area contributed by atoms with Gasteiger partial charge in [0.2, 0.25) is 5.91 Å². The summed E-state index contributed by atoms with van der Waals surface area (Å²) >= 11 is 0. The number of halogens is 1. The molecule has 1 heterocycles. The minimum atomic E-state index is -0.530. The van der Waals surface area contributed by atoms with Crippen molar-refractivity contribution < 1.29 is 9.18 Å². The lowest BCUT2D eigenvalue weighted by Crippen LogP contribution is -2.32. The fraction of sp³-hybridized carbons (Fsp3) is 0.400. The number of hydrogen-bond donors (Lipinski definition) is 1. The third kappa shape index (κ3) is 3.53. The van der Waals surface area contributed by atoms with Gasteiger partial charge in [-0.1, -0.05) is 6.92 Å². The molecule has 1 aromatic heterocycles. The quantitative estimate of drug-likeness (QED) is 0.790. The molecular formula is C10H13FN2O2. The fourth-order valence-corrected chi connectivity index (χ4v) is 1.10. The number of amides is 1. The minimum Gasteiger partial charge on any atom is -0.355 e. The predicted molar refractivity (Wildman–Crippen MR) is 54.0 cm³/mol. The molecule has 5 heteroatoms. The highest BCUT2D eigenvalue weighted by atomic mass is 19.1. The SMILES string of the molecule is CCCNC(=O)Cn1cc(F)ccc1=O. The molecule has 1 amide bonds. The zero-order chi connectivity index (χ0) is 11.3. The number of pyridine rings is 1. The molecule has 0 aliphatic carbocycles. The maximum atomic E-state index is 12.8. The van der Waals surface area contributed by atoms with Gasteiger partial charge in [-0.05, 0) is 12.5 Å². The molecule has 0 unspecified atom stereocenters. The molecule has 0 fully saturated rings. The molecular weight excluding hydrogens is 199 g/mol. The van der Waals surface area contributed by atoms with Gasteiger partial charge in [-0.2, -0.15) is 0 Å². The second-order valence-electron chi connectivity index (χ2n) is 3.16. The van der Waals surface area contributed by atoms with Gasteiger partial charge >= 0.3 is 0 Å². The number of nitrogens with one attached hydrogen (secondary N) is 1. The zero-order valence-electron chi connectivity index (χ0n) is 8.50. The Bertz CT molecular complexity index is 401. The number of nitrogens with zero attached hydrogens (tertiary/aromatic N) is 1. The van der Waals surface area contributed by atoms with Crippen LogP contribution in [0.4, 0.5) is 4.39 Å². The molecule has 82 valence electrons. The molecule has 0 aliphatic rings. The zero-order valence-corrected chi connectivity index (χ0v) is 8.50. The Morgan fingerprint density at radius 2 is 2.27 bits per heavy atom. The molecule has 0 bridgehead atoms. The lowest BCUT2D eigenvalue weighted by atomic mass is 10.4. The number of carbonyl (C=O) groups excluding carboxylic acids is 1. The van der Waals surface area contributed by atoms with Crippen LogP contribution in [0.15, 0.2) is 23.1 Å². The first-order valence-electron chi connectivity index (χ1n) is 4.76. The Morgan fingerprint density at radius 1 is 1.53 bits per heavy atom. The van der Waals surface area contributed by atoms with Crippen molar-refractivity contribution in [2.45, 2.75) is 19.9 Å². The molecule has 0 spiro atoms. The molecule has 1 N–H and O–H groups in total. The van der Waals surface area contributed by atoms with Crippen LogP contribution in [-0.2, 0) is 11.3 Å². The van der Waals surface area contributed by atoms with Crippen LogP contribution in [0.25, 0.3) is 0 Å². The van der Waals surface area contributed by atoms with Gasteiger partial charge in [0, 0.05) is 18.8 Å². The smallest absolute Gasteiger partial charge is 0.251 e. The first kappa shape index (κ1) is 11.4. The van der Waals surface area contributed by atoms with E-state index in [4.69, 9.17) is 0 Å². The topological polar surface area (TPSA) is 51.1 Å². The summed E-state index contributed by atoms with van der Waals surface area (Å²) < 4.78 is 13.8. The third-order valence-corrected chi connectivity index (χ3v) is 1.83. The van der Waals surface area contributed by atoms with E-state index < -0.39 is 5.82 Å². The lowest BCUT2D eigenvalue weighted by molar-refractivity contribution is -0.121. The van der Waals surface area contributed by atoms with Crippen LogP contribution in [0.1, 0.15) is 13.3 Å². The summed E-state index contributed by atoms with van der Waals surface area (Å²) in [4.78, 5) is 22.4. The van der Waals surface area contributed by atoms with Gasteiger partial charge in [-0.15, -0.1) is 0 Å². The van der Waals surface area contributed by atoms with E-state index in [2.05, 4.69) is 5.32 Å². The summed E-state index contributed by atoms with van der Waals surface area (Å²) in [6, 6.07) is 2.17. The minimum absolute atomic E-state index is 0.142. The number of rotatable bonds is 4. The van der Waals surface area contributed by atoms with Crippen molar-refractivity contribution in [2.75, 3.05) is 6.54 Å². The van der Waals surface area contributed by atoms with E-state index in [1.54, 1.807) is 0 Å². The largest absolute Gasteiger partial charge is 0.355 e. The highest BCUT2D eigenvalue weighted by Crippen LogP contribution is 1.91. The van der Waals surface area contributed by atoms with Crippen LogP contribution in [0.3, 0.4) is 0 Å². The lowest BCUT2D eigenvalue weighted by Gasteiger charge is -2.05. The summed E-state index contributed by atoms with van der Waals surface area (Å²) in [5, 5.41) is 2.61. The maximum absolute atomic E-state index is 12.8. The van der Waals surface area contributed by atoms with Crippen molar-refractivity contribution in [2.24, 2.45) is 0 Å². The van der Waals surface area contributed by atoms with Gasteiger partial charge in [-0.3, -0.25) is 9.59 Å². The van der Waals surface area contributed by atoms with Crippen molar-refractivity contribution in [3.63, 3.8) is 0 Å². The van der Waals surface area contributed by atoms with E-state index >= 15 is 0 Å².